The highest BCUT2D eigenvalue weighted by Crippen LogP contribution is 2.08. The van der Waals surface area contributed by atoms with Gasteiger partial charge in [0.2, 0.25) is 0 Å². The summed E-state index contributed by atoms with van der Waals surface area (Å²) in [5.41, 5.74) is 7.18. The summed E-state index contributed by atoms with van der Waals surface area (Å²) in [6.45, 7) is 2.24. The van der Waals surface area contributed by atoms with Crippen molar-refractivity contribution in [1.29, 1.82) is 5.41 Å². The van der Waals surface area contributed by atoms with E-state index >= 15 is 0 Å². The van der Waals surface area contributed by atoms with Gasteiger partial charge in [-0.05, 0) is 25.0 Å². The van der Waals surface area contributed by atoms with Crippen LogP contribution in [0.1, 0.15) is 56.7 Å². The zero-order valence-corrected chi connectivity index (χ0v) is 10.7. The Morgan fingerprint density at radius 3 is 2.47 bits per heavy atom. The molecule has 0 spiro atoms. The minimum absolute atomic E-state index is 0.0867. The molecular weight excluding hydrogens is 210 g/mol. The molecule has 3 nitrogen and oxygen atoms in total. The van der Waals surface area contributed by atoms with Crippen molar-refractivity contribution >= 4 is 5.84 Å². The van der Waals surface area contributed by atoms with Gasteiger partial charge >= 0.3 is 0 Å². The third-order valence-corrected chi connectivity index (χ3v) is 2.92. The minimum atomic E-state index is 0.0867. The second-order valence-electron chi connectivity index (χ2n) is 4.47. The lowest BCUT2D eigenvalue weighted by Gasteiger charge is -2.02. The van der Waals surface area contributed by atoms with Gasteiger partial charge in [-0.2, -0.15) is 0 Å². The molecule has 1 heterocycles. The maximum Gasteiger partial charge on any atom is 0.124 e. The van der Waals surface area contributed by atoms with E-state index in [1.165, 1.54) is 38.5 Å². The zero-order valence-electron chi connectivity index (χ0n) is 10.7. The van der Waals surface area contributed by atoms with E-state index in [4.69, 9.17) is 11.1 Å². The Labute approximate surface area is 104 Å². The van der Waals surface area contributed by atoms with E-state index in [9.17, 15) is 0 Å². The number of aryl methyl sites for hydroxylation is 1. The van der Waals surface area contributed by atoms with Crippen molar-refractivity contribution in [2.45, 2.75) is 51.9 Å². The predicted molar refractivity (Wildman–Crippen MR) is 72.3 cm³/mol. The summed E-state index contributed by atoms with van der Waals surface area (Å²) in [6.07, 6.45) is 10.6. The summed E-state index contributed by atoms with van der Waals surface area (Å²) in [6, 6.07) is 3.85. The molecule has 0 aliphatic rings. The topological polar surface area (TPSA) is 62.8 Å². The quantitative estimate of drug-likeness (QED) is 0.411. The lowest BCUT2D eigenvalue weighted by molar-refractivity contribution is 0.604. The first-order chi connectivity index (χ1) is 8.24. The van der Waals surface area contributed by atoms with Gasteiger partial charge in [-0.25, -0.2) is 0 Å². The van der Waals surface area contributed by atoms with E-state index in [1.54, 1.807) is 6.20 Å². The summed E-state index contributed by atoms with van der Waals surface area (Å²) in [7, 11) is 0. The molecule has 1 rings (SSSR count). The summed E-state index contributed by atoms with van der Waals surface area (Å²) >= 11 is 0. The number of rotatable bonds is 8. The molecule has 0 aromatic carbocycles. The SMILES string of the molecule is CCCCCCCCc1ccc(C(=N)N)cn1. The number of hydrogen-bond donors (Lipinski definition) is 2. The fraction of sp³-hybridized carbons (Fsp3) is 0.571. The van der Waals surface area contributed by atoms with Crippen LogP contribution in [0.4, 0.5) is 0 Å². The van der Waals surface area contributed by atoms with Gasteiger partial charge in [-0.3, -0.25) is 10.4 Å². The van der Waals surface area contributed by atoms with Gasteiger partial charge in [0.25, 0.3) is 0 Å². The average molecular weight is 233 g/mol. The van der Waals surface area contributed by atoms with Gasteiger partial charge in [0.05, 0.1) is 0 Å². The average Bonchev–Trinajstić information content (AvgIpc) is 2.34. The van der Waals surface area contributed by atoms with E-state index in [-0.39, 0.29) is 5.84 Å². The number of hydrogen-bond acceptors (Lipinski definition) is 2. The number of nitrogens with one attached hydrogen (secondary N) is 1. The second-order valence-corrected chi connectivity index (χ2v) is 4.47. The molecule has 0 amide bonds. The summed E-state index contributed by atoms with van der Waals surface area (Å²) in [4.78, 5) is 4.31. The van der Waals surface area contributed by atoms with Crippen LogP contribution in [0.15, 0.2) is 18.3 Å². The zero-order chi connectivity index (χ0) is 12.5. The van der Waals surface area contributed by atoms with Gasteiger partial charge in [0.15, 0.2) is 0 Å². The lowest BCUT2D eigenvalue weighted by atomic mass is 10.1. The van der Waals surface area contributed by atoms with Crippen molar-refractivity contribution in [1.82, 2.24) is 4.98 Å². The summed E-state index contributed by atoms with van der Waals surface area (Å²) in [5, 5.41) is 7.28. The Hall–Kier alpha value is -1.38. The number of pyridine rings is 1. The van der Waals surface area contributed by atoms with Gasteiger partial charge in [-0.15, -0.1) is 0 Å². The highest BCUT2D eigenvalue weighted by Gasteiger charge is 1.98. The Morgan fingerprint density at radius 2 is 1.88 bits per heavy atom. The molecule has 3 heteroatoms. The lowest BCUT2D eigenvalue weighted by Crippen LogP contribution is -2.11. The first kappa shape index (κ1) is 13.7. The van der Waals surface area contributed by atoms with Crippen LogP contribution in [0, 0.1) is 5.41 Å². The molecule has 0 radical (unpaired) electrons. The van der Waals surface area contributed by atoms with Crippen LogP contribution in [-0.4, -0.2) is 10.8 Å². The van der Waals surface area contributed by atoms with Crippen molar-refractivity contribution in [2.75, 3.05) is 0 Å². The van der Waals surface area contributed by atoms with E-state index in [1.807, 2.05) is 12.1 Å². The Morgan fingerprint density at radius 1 is 1.18 bits per heavy atom. The second kappa shape index (κ2) is 7.82. The van der Waals surface area contributed by atoms with Crippen LogP contribution in [0.5, 0.6) is 0 Å². The van der Waals surface area contributed by atoms with E-state index < -0.39 is 0 Å². The van der Waals surface area contributed by atoms with Crippen molar-refractivity contribution in [2.24, 2.45) is 5.73 Å². The smallest absolute Gasteiger partial charge is 0.124 e. The first-order valence-electron chi connectivity index (χ1n) is 6.53. The molecule has 0 aliphatic carbocycles. The van der Waals surface area contributed by atoms with Gasteiger partial charge in [0, 0.05) is 17.5 Å². The summed E-state index contributed by atoms with van der Waals surface area (Å²) < 4.78 is 0. The normalized spacial score (nSPS) is 10.4. The molecule has 0 bridgehead atoms. The molecule has 0 atom stereocenters. The number of aromatic nitrogens is 1. The minimum Gasteiger partial charge on any atom is -0.384 e. The molecule has 1 aromatic heterocycles. The third kappa shape index (κ3) is 5.48. The first-order valence-corrected chi connectivity index (χ1v) is 6.53. The number of nitrogens with two attached hydrogens (primary N) is 1. The van der Waals surface area contributed by atoms with Crippen LogP contribution in [0.2, 0.25) is 0 Å². The third-order valence-electron chi connectivity index (χ3n) is 2.92. The standard InChI is InChI=1S/C14H23N3/c1-2-3-4-5-6-7-8-13-10-9-12(11-17-13)14(15)16/h9-11H,2-8H2,1H3,(H3,15,16). The maximum atomic E-state index is 7.28. The molecule has 1 aromatic rings. The number of nitrogens with zero attached hydrogens (tertiary/aromatic N) is 1. The molecule has 0 saturated carbocycles. The van der Waals surface area contributed by atoms with Crippen molar-refractivity contribution in [3.8, 4) is 0 Å². The molecule has 0 fully saturated rings. The molecule has 0 aliphatic heterocycles. The van der Waals surface area contributed by atoms with Crippen LogP contribution < -0.4 is 5.73 Å². The largest absolute Gasteiger partial charge is 0.384 e. The van der Waals surface area contributed by atoms with Crippen molar-refractivity contribution in [3.63, 3.8) is 0 Å². The van der Waals surface area contributed by atoms with Crippen LogP contribution >= 0.6 is 0 Å². The van der Waals surface area contributed by atoms with E-state index in [2.05, 4.69) is 11.9 Å². The summed E-state index contributed by atoms with van der Waals surface area (Å²) in [5.74, 6) is 0.0867. The van der Waals surface area contributed by atoms with Crippen molar-refractivity contribution in [3.05, 3.63) is 29.6 Å². The molecular formula is C14H23N3. The maximum absolute atomic E-state index is 7.28. The van der Waals surface area contributed by atoms with Crippen LogP contribution in [0.3, 0.4) is 0 Å². The molecule has 3 N–H and O–H groups in total. The Kier molecular flexibility index (Phi) is 6.30. The van der Waals surface area contributed by atoms with Gasteiger partial charge in [0.1, 0.15) is 5.84 Å². The number of amidine groups is 1. The van der Waals surface area contributed by atoms with Crippen molar-refractivity contribution < 1.29 is 0 Å². The molecule has 17 heavy (non-hydrogen) atoms. The van der Waals surface area contributed by atoms with Gasteiger partial charge < -0.3 is 5.73 Å². The van der Waals surface area contributed by atoms with Gasteiger partial charge in [-0.1, -0.05) is 39.0 Å². The number of nitrogen functional groups attached to an aromatic ring is 1. The fourth-order valence-electron chi connectivity index (χ4n) is 1.82. The molecule has 0 unspecified atom stereocenters. The highest BCUT2D eigenvalue weighted by molar-refractivity contribution is 5.94. The highest BCUT2D eigenvalue weighted by atomic mass is 14.7. The number of unbranched alkanes of at least 4 members (excludes halogenated alkanes) is 5. The van der Waals surface area contributed by atoms with Crippen LogP contribution in [0.25, 0.3) is 0 Å². The Balaban J connectivity index is 2.21. The van der Waals surface area contributed by atoms with Crippen LogP contribution in [-0.2, 0) is 6.42 Å². The van der Waals surface area contributed by atoms with E-state index in [0.717, 1.165) is 12.1 Å². The fourth-order valence-corrected chi connectivity index (χ4v) is 1.82. The molecule has 0 saturated heterocycles. The monoisotopic (exact) mass is 233 g/mol. The predicted octanol–water partition coefficient (Wildman–Crippen LogP) is 3.27. The Bertz CT molecular complexity index is 330. The van der Waals surface area contributed by atoms with E-state index in [0.29, 0.717) is 5.56 Å². The molecule has 94 valence electrons.